The van der Waals surface area contributed by atoms with Crippen LogP contribution in [0, 0.1) is 0 Å². The molecule has 0 spiro atoms. The van der Waals surface area contributed by atoms with Crippen molar-refractivity contribution in [1.29, 1.82) is 0 Å². The molecule has 0 N–H and O–H groups in total. The van der Waals surface area contributed by atoms with E-state index in [1.807, 2.05) is 41.5 Å². The van der Waals surface area contributed by atoms with Gasteiger partial charge in [-0.3, -0.25) is 0 Å². The molecule has 2 aromatic carbocycles. The van der Waals surface area contributed by atoms with Crippen LogP contribution in [0.5, 0.6) is 0 Å². The molecule has 1 aliphatic carbocycles. The lowest BCUT2D eigenvalue weighted by atomic mass is 9.82. The van der Waals surface area contributed by atoms with Crippen molar-refractivity contribution in [1.82, 2.24) is 0 Å². The first-order chi connectivity index (χ1) is 10.2. The van der Waals surface area contributed by atoms with E-state index in [2.05, 4.69) is 62.4 Å². The Bertz CT molecular complexity index is 474. The molecule has 0 atom stereocenters. The third-order valence-corrected chi connectivity index (χ3v) is 3.49. The topological polar surface area (TPSA) is 0 Å². The predicted octanol–water partition coefficient (Wildman–Crippen LogP) is 7.07. The first-order valence-corrected chi connectivity index (χ1v) is 8.40. The van der Waals surface area contributed by atoms with E-state index in [1.54, 1.807) is 0 Å². The second-order valence-corrected chi connectivity index (χ2v) is 4.72. The lowest BCUT2D eigenvalue weighted by Crippen LogP contribution is -2.14. The Morgan fingerprint density at radius 1 is 0.524 bits per heavy atom. The summed E-state index contributed by atoms with van der Waals surface area (Å²) in [6, 6.07) is 17.4. The van der Waals surface area contributed by atoms with Gasteiger partial charge in [-0.15, -0.1) is 0 Å². The van der Waals surface area contributed by atoms with Gasteiger partial charge in [0, 0.05) is 5.41 Å². The van der Waals surface area contributed by atoms with E-state index in [9.17, 15) is 0 Å². The molecule has 116 valence electrons. The molecule has 0 heteroatoms. The van der Waals surface area contributed by atoms with Gasteiger partial charge in [0.25, 0.3) is 0 Å². The molecule has 0 heterocycles. The second-order valence-electron chi connectivity index (χ2n) is 4.72. The third-order valence-electron chi connectivity index (χ3n) is 3.49. The Kier molecular flexibility index (Phi) is 8.69. The average Bonchev–Trinajstić information content (AvgIpc) is 2.82. The summed E-state index contributed by atoms with van der Waals surface area (Å²) in [4.78, 5) is 0. The maximum atomic E-state index is 2.30. The zero-order valence-electron chi connectivity index (χ0n) is 15.1. The number of rotatable bonds is 0. The lowest BCUT2D eigenvalue weighted by molar-refractivity contribution is 0.660. The Balaban J connectivity index is 0.000000598. The second kappa shape index (κ2) is 9.39. The van der Waals surface area contributed by atoms with Crippen LogP contribution in [0.15, 0.2) is 48.5 Å². The summed E-state index contributed by atoms with van der Waals surface area (Å²) in [7, 11) is 0. The van der Waals surface area contributed by atoms with Crippen molar-refractivity contribution in [3.05, 3.63) is 59.7 Å². The predicted molar refractivity (Wildman–Crippen MR) is 98.1 cm³/mol. The van der Waals surface area contributed by atoms with Gasteiger partial charge in [0.1, 0.15) is 0 Å². The summed E-state index contributed by atoms with van der Waals surface area (Å²) < 4.78 is 0. The van der Waals surface area contributed by atoms with Crippen molar-refractivity contribution in [3.8, 4) is 11.1 Å². The maximum absolute atomic E-state index is 2.30. The lowest BCUT2D eigenvalue weighted by Gasteiger charge is -2.20. The van der Waals surface area contributed by atoms with Crippen LogP contribution in [0.3, 0.4) is 0 Å². The molecule has 0 amide bonds. The molecule has 0 aromatic heterocycles. The standard InChI is InChI=1S/C15H14.3C2H6/c1-15(2)13-9-5-3-7-11(13)12-8-4-6-10-14(12)15;3*1-2/h3-10H,1-2H3;3*1-2H3. The summed E-state index contributed by atoms with van der Waals surface area (Å²) in [5.41, 5.74) is 5.86. The average molecular weight is 284 g/mol. The highest BCUT2D eigenvalue weighted by molar-refractivity contribution is 5.80. The van der Waals surface area contributed by atoms with E-state index in [-0.39, 0.29) is 5.41 Å². The van der Waals surface area contributed by atoms with E-state index in [0.717, 1.165) is 0 Å². The fourth-order valence-corrected chi connectivity index (χ4v) is 2.67. The van der Waals surface area contributed by atoms with Gasteiger partial charge in [-0.1, -0.05) is 104 Å². The van der Waals surface area contributed by atoms with Crippen molar-refractivity contribution < 1.29 is 0 Å². The molecule has 0 bridgehead atoms. The Morgan fingerprint density at radius 2 is 0.810 bits per heavy atom. The zero-order valence-corrected chi connectivity index (χ0v) is 15.1. The third kappa shape index (κ3) is 3.75. The molecular weight excluding hydrogens is 252 g/mol. The minimum absolute atomic E-state index is 0.160. The molecule has 1 aliphatic rings. The molecule has 21 heavy (non-hydrogen) atoms. The van der Waals surface area contributed by atoms with E-state index in [0.29, 0.717) is 0 Å². The highest BCUT2D eigenvalue weighted by Crippen LogP contribution is 2.47. The molecule has 0 aliphatic heterocycles. The Hall–Kier alpha value is -1.56. The molecular formula is C21H32. The largest absolute Gasteiger partial charge is 0.0683 e. The van der Waals surface area contributed by atoms with Gasteiger partial charge in [0.15, 0.2) is 0 Å². The minimum atomic E-state index is 0.160. The summed E-state index contributed by atoms with van der Waals surface area (Å²) in [6.45, 7) is 16.6. The van der Waals surface area contributed by atoms with E-state index in [1.165, 1.54) is 22.3 Å². The summed E-state index contributed by atoms with van der Waals surface area (Å²) in [6.07, 6.45) is 0. The van der Waals surface area contributed by atoms with Crippen molar-refractivity contribution in [2.75, 3.05) is 0 Å². The fraction of sp³-hybridized carbons (Fsp3) is 0.429. The quantitative estimate of drug-likeness (QED) is 0.485. The van der Waals surface area contributed by atoms with Crippen LogP contribution < -0.4 is 0 Å². The molecule has 2 aromatic rings. The molecule has 0 saturated carbocycles. The Morgan fingerprint density at radius 3 is 1.14 bits per heavy atom. The molecule has 0 radical (unpaired) electrons. The van der Waals surface area contributed by atoms with Gasteiger partial charge in [-0.05, 0) is 22.3 Å². The van der Waals surface area contributed by atoms with Crippen LogP contribution in [0.4, 0.5) is 0 Å². The van der Waals surface area contributed by atoms with Crippen molar-refractivity contribution in [2.24, 2.45) is 0 Å². The molecule has 0 saturated heterocycles. The van der Waals surface area contributed by atoms with Crippen molar-refractivity contribution in [2.45, 2.75) is 60.8 Å². The monoisotopic (exact) mass is 284 g/mol. The van der Waals surface area contributed by atoms with Gasteiger partial charge in [0.05, 0.1) is 0 Å². The number of fused-ring (bicyclic) bond motifs is 3. The van der Waals surface area contributed by atoms with Crippen molar-refractivity contribution in [3.63, 3.8) is 0 Å². The zero-order chi connectivity index (χ0) is 16.5. The number of benzene rings is 2. The minimum Gasteiger partial charge on any atom is -0.0683 e. The molecule has 3 rings (SSSR count). The van der Waals surface area contributed by atoms with Crippen LogP contribution in [0.25, 0.3) is 11.1 Å². The summed E-state index contributed by atoms with van der Waals surface area (Å²) in [5.74, 6) is 0. The molecule has 0 unspecified atom stereocenters. The van der Waals surface area contributed by atoms with Crippen LogP contribution >= 0.6 is 0 Å². The first kappa shape index (κ1) is 19.4. The van der Waals surface area contributed by atoms with Gasteiger partial charge in [-0.25, -0.2) is 0 Å². The van der Waals surface area contributed by atoms with Crippen molar-refractivity contribution >= 4 is 0 Å². The number of hydrogen-bond acceptors (Lipinski definition) is 0. The van der Waals surface area contributed by atoms with Crippen LogP contribution in [-0.2, 0) is 5.41 Å². The normalized spacial score (nSPS) is 12.2. The van der Waals surface area contributed by atoms with Crippen LogP contribution in [0.1, 0.15) is 66.5 Å². The van der Waals surface area contributed by atoms with Crippen LogP contribution in [-0.4, -0.2) is 0 Å². The van der Waals surface area contributed by atoms with Gasteiger partial charge in [0.2, 0.25) is 0 Å². The number of hydrogen-bond donors (Lipinski definition) is 0. The van der Waals surface area contributed by atoms with E-state index < -0.39 is 0 Å². The van der Waals surface area contributed by atoms with Gasteiger partial charge >= 0.3 is 0 Å². The van der Waals surface area contributed by atoms with Crippen LogP contribution in [0.2, 0.25) is 0 Å². The smallest absolute Gasteiger partial charge is 0.0158 e. The van der Waals surface area contributed by atoms with E-state index >= 15 is 0 Å². The van der Waals surface area contributed by atoms with Gasteiger partial charge in [-0.2, -0.15) is 0 Å². The summed E-state index contributed by atoms with van der Waals surface area (Å²) in [5, 5.41) is 0. The first-order valence-electron chi connectivity index (χ1n) is 8.40. The maximum Gasteiger partial charge on any atom is 0.0158 e. The molecule has 0 nitrogen and oxygen atoms in total. The Labute approximate surface area is 132 Å². The molecule has 0 fully saturated rings. The fourth-order valence-electron chi connectivity index (χ4n) is 2.67. The highest BCUT2D eigenvalue weighted by Gasteiger charge is 2.34. The van der Waals surface area contributed by atoms with Gasteiger partial charge < -0.3 is 0 Å². The highest BCUT2D eigenvalue weighted by atomic mass is 14.4. The van der Waals surface area contributed by atoms with E-state index in [4.69, 9.17) is 0 Å². The SMILES string of the molecule is CC.CC.CC.CC1(C)c2ccccc2-c2ccccc21. The summed E-state index contributed by atoms with van der Waals surface area (Å²) >= 11 is 0.